The average molecular weight is 376 g/mol. The molecule has 0 saturated heterocycles. The van der Waals surface area contributed by atoms with Crippen LogP contribution in [0.2, 0.25) is 0 Å². The van der Waals surface area contributed by atoms with Crippen molar-refractivity contribution in [3.05, 3.63) is 49.4 Å². The highest BCUT2D eigenvalue weighted by Crippen LogP contribution is 2.29. The van der Waals surface area contributed by atoms with Crippen molar-refractivity contribution in [2.45, 2.75) is 33.4 Å². The van der Waals surface area contributed by atoms with E-state index in [1.54, 1.807) is 23.3 Å². The Hall–Kier alpha value is -3.29. The minimum absolute atomic E-state index is 0.000578. The first-order chi connectivity index (χ1) is 13.4. The Morgan fingerprint density at radius 2 is 1.86 bits per heavy atom. The Kier molecular flexibility index (Phi) is 4.54. The van der Waals surface area contributed by atoms with Crippen LogP contribution in [0.4, 0.5) is 5.82 Å². The summed E-state index contributed by atoms with van der Waals surface area (Å²) >= 11 is 0. The van der Waals surface area contributed by atoms with Gasteiger partial charge in [-0.1, -0.05) is 20.8 Å². The maximum Gasteiger partial charge on any atom is 0.164 e. The highest BCUT2D eigenvalue weighted by atomic mass is 15.3. The van der Waals surface area contributed by atoms with Crippen LogP contribution in [-0.2, 0) is 13.6 Å². The Morgan fingerprint density at radius 1 is 1.07 bits per heavy atom. The second-order valence-electron chi connectivity index (χ2n) is 7.96. The lowest BCUT2D eigenvalue weighted by Gasteiger charge is -2.32. The Morgan fingerprint density at radius 3 is 2.54 bits per heavy atom. The van der Waals surface area contributed by atoms with Crippen LogP contribution in [-0.4, -0.2) is 40.3 Å². The van der Waals surface area contributed by atoms with Crippen LogP contribution in [0.15, 0.2) is 49.4 Å². The van der Waals surface area contributed by atoms with E-state index in [-0.39, 0.29) is 11.5 Å². The summed E-state index contributed by atoms with van der Waals surface area (Å²) in [5, 5.41) is 8.94. The minimum atomic E-state index is 0.000578. The highest BCUT2D eigenvalue weighted by Gasteiger charge is 2.27. The predicted octanol–water partition coefficient (Wildman–Crippen LogP) is 3.15. The van der Waals surface area contributed by atoms with Crippen molar-refractivity contribution in [3.8, 4) is 11.4 Å². The Labute approximate surface area is 163 Å². The fourth-order valence-corrected chi connectivity index (χ4v) is 3.07. The number of anilines is 1. The van der Waals surface area contributed by atoms with Crippen LogP contribution in [0, 0.1) is 5.41 Å². The fraction of sp³-hybridized carbons (Fsp3) is 0.350. The van der Waals surface area contributed by atoms with E-state index >= 15 is 0 Å². The van der Waals surface area contributed by atoms with E-state index in [2.05, 4.69) is 45.7 Å². The number of nitrogens with zero attached hydrogens (tertiary/aromatic N) is 7. The van der Waals surface area contributed by atoms with Crippen molar-refractivity contribution < 1.29 is 0 Å². The van der Waals surface area contributed by atoms with Crippen molar-refractivity contribution in [2.75, 3.05) is 5.32 Å². The molecule has 8 heteroatoms. The number of nitrogens with one attached hydrogen (secondary N) is 1. The largest absolute Gasteiger partial charge is 0.364 e. The van der Waals surface area contributed by atoms with Gasteiger partial charge in [0.05, 0.1) is 24.0 Å². The summed E-state index contributed by atoms with van der Waals surface area (Å²) in [7, 11) is 1.89. The maximum atomic E-state index is 4.84. The van der Waals surface area contributed by atoms with Crippen LogP contribution in [0.1, 0.15) is 20.8 Å². The quantitative estimate of drug-likeness (QED) is 0.576. The molecule has 0 bridgehead atoms. The van der Waals surface area contributed by atoms with Crippen LogP contribution < -0.4 is 5.32 Å². The molecule has 0 aromatic carbocycles. The van der Waals surface area contributed by atoms with E-state index in [4.69, 9.17) is 9.97 Å². The van der Waals surface area contributed by atoms with Gasteiger partial charge in [0.1, 0.15) is 5.82 Å². The monoisotopic (exact) mass is 376 g/mol. The third kappa shape index (κ3) is 3.58. The van der Waals surface area contributed by atoms with Gasteiger partial charge in [-0.15, -0.1) is 0 Å². The van der Waals surface area contributed by atoms with Gasteiger partial charge in [-0.05, 0) is 17.5 Å². The molecule has 0 fully saturated rings. The molecule has 4 rings (SSSR count). The molecule has 1 N–H and O–H groups in total. The molecule has 144 valence electrons. The van der Waals surface area contributed by atoms with Gasteiger partial charge in [-0.25, -0.2) is 15.0 Å². The van der Waals surface area contributed by atoms with Crippen LogP contribution in [0.3, 0.4) is 0 Å². The van der Waals surface area contributed by atoms with Gasteiger partial charge in [0, 0.05) is 43.9 Å². The molecule has 0 aliphatic rings. The lowest BCUT2D eigenvalue weighted by atomic mass is 9.86. The molecule has 28 heavy (non-hydrogen) atoms. The summed E-state index contributed by atoms with van der Waals surface area (Å²) < 4.78 is 3.85. The first-order valence-corrected chi connectivity index (χ1v) is 9.24. The predicted molar refractivity (Wildman–Crippen MR) is 109 cm³/mol. The normalized spacial score (nSPS) is 13.0. The summed E-state index contributed by atoms with van der Waals surface area (Å²) in [6.45, 7) is 7.42. The molecule has 8 nitrogen and oxygen atoms in total. The molecule has 1 atom stereocenters. The zero-order chi connectivity index (χ0) is 19.7. The lowest BCUT2D eigenvalue weighted by molar-refractivity contribution is 0.311. The van der Waals surface area contributed by atoms with E-state index in [1.165, 1.54) is 0 Å². The average Bonchev–Trinajstić information content (AvgIpc) is 3.31. The molecule has 0 saturated carbocycles. The van der Waals surface area contributed by atoms with Crippen molar-refractivity contribution in [3.63, 3.8) is 0 Å². The second kappa shape index (κ2) is 7.03. The van der Waals surface area contributed by atoms with E-state index in [0.717, 1.165) is 29.0 Å². The summed E-state index contributed by atoms with van der Waals surface area (Å²) in [6, 6.07) is 3.95. The van der Waals surface area contributed by atoms with Gasteiger partial charge in [-0.2, -0.15) is 5.10 Å². The summed E-state index contributed by atoms with van der Waals surface area (Å²) in [4.78, 5) is 17.8. The van der Waals surface area contributed by atoms with Gasteiger partial charge in [0.15, 0.2) is 11.5 Å². The van der Waals surface area contributed by atoms with Crippen molar-refractivity contribution >= 4 is 16.9 Å². The molecule has 0 unspecified atom stereocenters. The molecule has 0 spiro atoms. The first kappa shape index (κ1) is 18.1. The SMILES string of the molecule is Cn1ncc2c(N[C@H](Cn3ccnc3)C(C)(C)C)nc(-c3ccncc3)nc21. The third-order valence-electron chi connectivity index (χ3n) is 4.84. The molecule has 0 radical (unpaired) electrons. The molecule has 4 heterocycles. The number of aromatic nitrogens is 7. The Bertz CT molecular complexity index is 1060. The molecular weight excluding hydrogens is 352 g/mol. The fourth-order valence-electron chi connectivity index (χ4n) is 3.07. The topological polar surface area (TPSA) is 86.3 Å². The highest BCUT2D eigenvalue weighted by molar-refractivity contribution is 5.88. The van der Waals surface area contributed by atoms with Crippen LogP contribution in [0.25, 0.3) is 22.4 Å². The Balaban J connectivity index is 1.78. The van der Waals surface area contributed by atoms with Crippen molar-refractivity contribution in [1.29, 1.82) is 0 Å². The first-order valence-electron chi connectivity index (χ1n) is 9.24. The van der Waals surface area contributed by atoms with E-state index < -0.39 is 0 Å². The van der Waals surface area contributed by atoms with Crippen LogP contribution in [0.5, 0.6) is 0 Å². The van der Waals surface area contributed by atoms with Crippen molar-refractivity contribution in [2.24, 2.45) is 12.5 Å². The van der Waals surface area contributed by atoms with E-state index in [0.29, 0.717) is 5.82 Å². The van der Waals surface area contributed by atoms with Gasteiger partial charge in [-0.3, -0.25) is 9.67 Å². The number of hydrogen-bond acceptors (Lipinski definition) is 6. The lowest BCUT2D eigenvalue weighted by Crippen LogP contribution is -2.38. The van der Waals surface area contributed by atoms with Gasteiger partial charge >= 0.3 is 0 Å². The number of imidazole rings is 1. The summed E-state index contributed by atoms with van der Waals surface area (Å²) in [5.41, 5.74) is 1.71. The molecule has 4 aromatic rings. The van der Waals surface area contributed by atoms with Crippen LogP contribution >= 0.6 is 0 Å². The van der Waals surface area contributed by atoms with Gasteiger partial charge in [0.25, 0.3) is 0 Å². The number of fused-ring (bicyclic) bond motifs is 1. The molecule has 0 amide bonds. The van der Waals surface area contributed by atoms with Gasteiger partial charge in [0.2, 0.25) is 0 Å². The maximum absolute atomic E-state index is 4.84. The zero-order valence-corrected chi connectivity index (χ0v) is 16.5. The minimum Gasteiger partial charge on any atom is -0.364 e. The standard InChI is InChI=1S/C20H24N8/c1-20(2,3)16(12-28-10-9-22-13-28)24-18-15-11-23-27(4)19(15)26-17(25-18)14-5-7-21-8-6-14/h5-11,13,16H,12H2,1-4H3,(H,24,25,26)/t16-/m1/s1. The van der Waals surface area contributed by atoms with E-state index in [1.807, 2.05) is 37.9 Å². The number of pyridine rings is 1. The number of rotatable bonds is 5. The van der Waals surface area contributed by atoms with Crippen molar-refractivity contribution in [1.82, 2.24) is 34.3 Å². The molecule has 4 aromatic heterocycles. The molecule has 0 aliphatic heterocycles. The third-order valence-corrected chi connectivity index (χ3v) is 4.84. The second-order valence-corrected chi connectivity index (χ2v) is 7.96. The number of hydrogen-bond donors (Lipinski definition) is 1. The number of aryl methyl sites for hydroxylation is 1. The smallest absolute Gasteiger partial charge is 0.164 e. The molecule has 0 aliphatic carbocycles. The molecular formula is C20H24N8. The summed E-state index contributed by atoms with van der Waals surface area (Å²) in [5.74, 6) is 1.43. The van der Waals surface area contributed by atoms with Gasteiger partial charge < -0.3 is 9.88 Å². The van der Waals surface area contributed by atoms with E-state index in [9.17, 15) is 0 Å². The summed E-state index contributed by atoms with van der Waals surface area (Å²) in [6.07, 6.45) is 10.9. The zero-order valence-electron chi connectivity index (χ0n) is 16.5.